The van der Waals surface area contributed by atoms with Gasteiger partial charge in [-0.05, 0) is 29.8 Å². The zero-order chi connectivity index (χ0) is 25.8. The minimum absolute atomic E-state index is 0.195. The van der Waals surface area contributed by atoms with Crippen molar-refractivity contribution in [3.63, 3.8) is 0 Å². The van der Waals surface area contributed by atoms with Crippen LogP contribution in [-0.2, 0) is 21.8 Å². The summed E-state index contributed by atoms with van der Waals surface area (Å²) in [6.45, 7) is 0.806. The summed E-state index contributed by atoms with van der Waals surface area (Å²) < 4.78 is 26.3. The van der Waals surface area contributed by atoms with E-state index in [2.05, 4.69) is 4.98 Å². The van der Waals surface area contributed by atoms with E-state index >= 15 is 0 Å². The number of ether oxygens (including phenoxy) is 4. The molecule has 7 nitrogen and oxygen atoms in total. The number of nitrogens with zero attached hydrogens (tertiary/aromatic N) is 2. The molecule has 37 heavy (non-hydrogen) atoms. The Morgan fingerprint density at radius 3 is 2.76 bits per heavy atom. The van der Waals surface area contributed by atoms with Crippen LogP contribution in [0, 0.1) is 0 Å². The van der Waals surface area contributed by atoms with Crippen molar-refractivity contribution in [1.29, 1.82) is 0 Å². The number of benzene rings is 3. The summed E-state index contributed by atoms with van der Waals surface area (Å²) in [5.74, 6) is 0.0415. The molecule has 1 aliphatic heterocycles. The molecule has 0 spiro atoms. The predicted octanol–water partition coefficient (Wildman–Crippen LogP) is 6.03. The summed E-state index contributed by atoms with van der Waals surface area (Å²) in [6, 6.07) is 18.1. The first kappa shape index (κ1) is 25.3. The Hall–Kier alpha value is -3.36. The largest absolute Gasteiger partial charge is 0.497 e. The van der Waals surface area contributed by atoms with Crippen molar-refractivity contribution < 1.29 is 23.7 Å². The maximum absolute atomic E-state index is 11.7. The average Bonchev–Trinajstić information content (AvgIpc) is 3.58. The minimum Gasteiger partial charge on any atom is -0.497 e. The lowest BCUT2D eigenvalue weighted by atomic mass is 9.99. The van der Waals surface area contributed by atoms with Gasteiger partial charge in [-0.1, -0.05) is 53.5 Å². The van der Waals surface area contributed by atoms with Gasteiger partial charge < -0.3 is 23.5 Å². The summed E-state index contributed by atoms with van der Waals surface area (Å²) in [4.78, 5) is 15.8. The van der Waals surface area contributed by atoms with Crippen molar-refractivity contribution in [3.8, 4) is 22.6 Å². The van der Waals surface area contributed by atoms with Crippen LogP contribution in [-0.4, -0.2) is 42.3 Å². The SMILES string of the molecule is COc1ccc(-c2ccccc2C=O)c(OC[C@@H]2CO[C@@](Cn3ccnc3)(c3ccc(Cl)cc3Cl)O2)c1. The molecule has 0 N–H and O–H groups in total. The molecule has 1 aromatic heterocycles. The van der Waals surface area contributed by atoms with Crippen molar-refractivity contribution in [2.24, 2.45) is 0 Å². The molecule has 0 unspecified atom stereocenters. The van der Waals surface area contributed by atoms with Gasteiger partial charge in [0.1, 0.15) is 24.2 Å². The molecule has 0 aliphatic carbocycles. The smallest absolute Gasteiger partial charge is 0.215 e. The van der Waals surface area contributed by atoms with Crippen LogP contribution in [0.15, 0.2) is 79.4 Å². The Labute approximate surface area is 224 Å². The zero-order valence-corrected chi connectivity index (χ0v) is 21.5. The maximum atomic E-state index is 11.7. The summed E-state index contributed by atoms with van der Waals surface area (Å²) >= 11 is 12.7. The van der Waals surface area contributed by atoms with Crippen molar-refractivity contribution >= 4 is 29.5 Å². The second-order valence-electron chi connectivity index (χ2n) is 8.54. The summed E-state index contributed by atoms with van der Waals surface area (Å²) in [6.07, 6.45) is 5.63. The van der Waals surface area contributed by atoms with Crippen LogP contribution in [0.25, 0.3) is 11.1 Å². The number of methoxy groups -OCH3 is 1. The van der Waals surface area contributed by atoms with E-state index in [9.17, 15) is 4.79 Å². The van der Waals surface area contributed by atoms with Gasteiger partial charge in [-0.15, -0.1) is 0 Å². The number of halogens is 2. The number of hydrogen-bond donors (Lipinski definition) is 0. The molecule has 3 aromatic carbocycles. The number of hydrogen-bond acceptors (Lipinski definition) is 6. The van der Waals surface area contributed by atoms with E-state index in [1.165, 1.54) is 0 Å². The highest BCUT2D eigenvalue weighted by Crippen LogP contribution is 2.41. The number of carbonyl (C=O) groups is 1. The van der Waals surface area contributed by atoms with Crippen LogP contribution in [0.5, 0.6) is 11.5 Å². The first-order valence-corrected chi connectivity index (χ1v) is 12.4. The summed E-state index contributed by atoms with van der Waals surface area (Å²) in [5.41, 5.74) is 2.76. The van der Waals surface area contributed by atoms with Gasteiger partial charge >= 0.3 is 0 Å². The Kier molecular flexibility index (Phi) is 7.48. The lowest BCUT2D eigenvalue weighted by Gasteiger charge is -2.30. The van der Waals surface area contributed by atoms with E-state index in [1.807, 2.05) is 41.1 Å². The fourth-order valence-electron chi connectivity index (χ4n) is 4.37. The number of aromatic nitrogens is 2. The van der Waals surface area contributed by atoms with E-state index in [-0.39, 0.29) is 13.2 Å². The van der Waals surface area contributed by atoms with Crippen molar-refractivity contribution in [3.05, 3.63) is 101 Å². The van der Waals surface area contributed by atoms with E-state index in [1.54, 1.807) is 50.0 Å². The van der Waals surface area contributed by atoms with E-state index in [0.717, 1.165) is 17.4 Å². The van der Waals surface area contributed by atoms with Gasteiger partial charge in [0.15, 0.2) is 6.29 Å². The fraction of sp³-hybridized carbons (Fsp3) is 0.214. The fourth-order valence-corrected chi connectivity index (χ4v) is 4.93. The molecular weight excluding hydrogens is 515 g/mol. The molecule has 2 atom stereocenters. The third-order valence-electron chi connectivity index (χ3n) is 6.14. The van der Waals surface area contributed by atoms with Crippen LogP contribution >= 0.6 is 23.2 Å². The highest BCUT2D eigenvalue weighted by molar-refractivity contribution is 6.35. The predicted molar refractivity (Wildman–Crippen MR) is 141 cm³/mol. The minimum atomic E-state index is -1.16. The van der Waals surface area contributed by atoms with Gasteiger partial charge in [0, 0.05) is 40.2 Å². The monoisotopic (exact) mass is 538 g/mol. The molecule has 4 aromatic rings. The highest BCUT2D eigenvalue weighted by Gasteiger charge is 2.45. The average molecular weight is 539 g/mol. The second-order valence-corrected chi connectivity index (χ2v) is 9.38. The van der Waals surface area contributed by atoms with Crippen LogP contribution in [0.3, 0.4) is 0 Å². The molecule has 5 rings (SSSR count). The van der Waals surface area contributed by atoms with E-state index in [4.69, 9.17) is 42.1 Å². The van der Waals surface area contributed by atoms with Crippen LogP contribution < -0.4 is 9.47 Å². The molecule has 190 valence electrons. The topological polar surface area (TPSA) is 71.8 Å². The third-order valence-corrected chi connectivity index (χ3v) is 6.69. The van der Waals surface area contributed by atoms with Crippen LogP contribution in [0.2, 0.25) is 10.0 Å². The normalized spacial score (nSPS) is 19.1. The zero-order valence-electron chi connectivity index (χ0n) is 20.0. The van der Waals surface area contributed by atoms with E-state index < -0.39 is 11.9 Å². The Balaban J connectivity index is 1.41. The lowest BCUT2D eigenvalue weighted by Crippen LogP contribution is -2.34. The molecule has 1 saturated heterocycles. The molecule has 0 amide bonds. The van der Waals surface area contributed by atoms with Crippen molar-refractivity contribution in [2.75, 3.05) is 20.3 Å². The Morgan fingerprint density at radius 2 is 2.00 bits per heavy atom. The number of imidazole rings is 1. The maximum Gasteiger partial charge on any atom is 0.215 e. The highest BCUT2D eigenvalue weighted by atomic mass is 35.5. The number of aldehydes is 1. The van der Waals surface area contributed by atoms with Gasteiger partial charge in [0.05, 0.1) is 31.6 Å². The molecular formula is C28H24Cl2N2O5. The first-order valence-electron chi connectivity index (χ1n) is 11.6. The van der Waals surface area contributed by atoms with Gasteiger partial charge in [-0.3, -0.25) is 4.79 Å². The second kappa shape index (κ2) is 10.9. The standard InChI is InChI=1S/C28H24Cl2N2O5/c1-34-21-7-8-24(23-5-3-2-4-19(23)14-33)27(13-21)35-15-22-16-36-28(37-22,17-32-11-10-31-18-32)25-9-6-20(29)12-26(25)30/h2-14,18,22H,15-17H2,1H3/t22-,28-/m1/s1. The molecule has 0 radical (unpaired) electrons. The summed E-state index contributed by atoms with van der Waals surface area (Å²) in [7, 11) is 1.59. The molecule has 0 bridgehead atoms. The van der Waals surface area contributed by atoms with Crippen LogP contribution in [0.4, 0.5) is 0 Å². The van der Waals surface area contributed by atoms with E-state index in [0.29, 0.717) is 39.2 Å². The molecule has 0 saturated carbocycles. The molecule has 2 heterocycles. The van der Waals surface area contributed by atoms with Crippen molar-refractivity contribution in [1.82, 2.24) is 9.55 Å². The van der Waals surface area contributed by atoms with Crippen molar-refractivity contribution in [2.45, 2.75) is 18.4 Å². The van der Waals surface area contributed by atoms with Crippen LogP contribution in [0.1, 0.15) is 15.9 Å². The van der Waals surface area contributed by atoms with Gasteiger partial charge in [0.2, 0.25) is 5.79 Å². The number of carbonyl (C=O) groups excluding carboxylic acids is 1. The van der Waals surface area contributed by atoms with Gasteiger partial charge in [0.25, 0.3) is 0 Å². The third kappa shape index (κ3) is 5.36. The lowest BCUT2D eigenvalue weighted by molar-refractivity contribution is -0.189. The Bertz CT molecular complexity index is 1400. The quantitative estimate of drug-likeness (QED) is 0.242. The molecule has 9 heteroatoms. The molecule has 1 fully saturated rings. The van der Waals surface area contributed by atoms with Gasteiger partial charge in [-0.25, -0.2) is 4.98 Å². The summed E-state index contributed by atoms with van der Waals surface area (Å²) in [5, 5.41) is 0.959. The number of rotatable bonds is 9. The van der Waals surface area contributed by atoms with Gasteiger partial charge in [-0.2, -0.15) is 0 Å². The molecule has 1 aliphatic rings. The first-order chi connectivity index (χ1) is 18.0. The Morgan fingerprint density at radius 1 is 1.14 bits per heavy atom.